The van der Waals surface area contributed by atoms with Crippen molar-refractivity contribution < 1.29 is 38.9 Å². The molecule has 0 radical (unpaired) electrons. The Morgan fingerprint density at radius 2 is 1.33 bits per heavy atom. The van der Waals surface area contributed by atoms with Crippen LogP contribution in [0.25, 0.3) is 0 Å². The Morgan fingerprint density at radius 3 is 1.83 bits per heavy atom. The third kappa shape index (κ3) is 11.1. The number of nitrogens with zero attached hydrogens (tertiary/aromatic N) is 1. The number of ether oxygens (including phenoxy) is 2. The zero-order chi connectivity index (χ0) is 31.5. The number of aliphatic hydroxyl groups is 2. The van der Waals surface area contributed by atoms with Gasteiger partial charge in [0.05, 0.1) is 13.2 Å². The van der Waals surface area contributed by atoms with Gasteiger partial charge < -0.3 is 35.2 Å². The molecule has 11 nitrogen and oxygen atoms in total. The minimum absolute atomic E-state index is 0.121. The molecule has 230 valence electrons. The van der Waals surface area contributed by atoms with E-state index in [9.17, 15) is 29.4 Å². The quantitative estimate of drug-likeness (QED) is 0.277. The molecule has 0 fully saturated rings. The third-order valence-electron chi connectivity index (χ3n) is 5.76. The van der Waals surface area contributed by atoms with Gasteiger partial charge in [-0.1, -0.05) is 60.7 Å². The highest BCUT2D eigenvalue weighted by Gasteiger charge is 2.38. The lowest BCUT2D eigenvalue weighted by Crippen LogP contribution is -2.56. The molecule has 0 aromatic heterocycles. The van der Waals surface area contributed by atoms with E-state index < -0.39 is 66.4 Å². The van der Waals surface area contributed by atoms with Gasteiger partial charge in [-0.25, -0.2) is 9.59 Å². The highest BCUT2D eigenvalue weighted by Crippen LogP contribution is 2.23. The van der Waals surface area contributed by atoms with Crippen LogP contribution in [0.1, 0.15) is 58.7 Å². The molecule has 3 unspecified atom stereocenters. The van der Waals surface area contributed by atoms with Gasteiger partial charge in [-0.15, -0.1) is 0 Å². The Kier molecular flexibility index (Phi) is 12.5. The first-order valence-corrected chi connectivity index (χ1v) is 13.8. The summed E-state index contributed by atoms with van der Waals surface area (Å²) in [6.45, 7) is 8.46. The molecule has 0 saturated heterocycles. The van der Waals surface area contributed by atoms with Crippen LogP contribution in [0.5, 0.6) is 0 Å². The first-order valence-electron chi connectivity index (χ1n) is 13.8. The Hall–Kier alpha value is -3.96. The molecular weight excluding hydrogens is 542 g/mol. The summed E-state index contributed by atoms with van der Waals surface area (Å²) in [5.74, 6) is -2.21. The van der Waals surface area contributed by atoms with Gasteiger partial charge in [0.25, 0.3) is 0 Å². The molecule has 0 heterocycles. The second-order valence-electron chi connectivity index (χ2n) is 11.7. The number of esters is 1. The van der Waals surface area contributed by atoms with Crippen LogP contribution in [0.15, 0.2) is 60.7 Å². The minimum Gasteiger partial charge on any atom is -0.458 e. The average Bonchev–Trinajstić information content (AvgIpc) is 2.90. The summed E-state index contributed by atoms with van der Waals surface area (Å²) in [5.41, 5.74) is -0.529. The van der Waals surface area contributed by atoms with Gasteiger partial charge in [0.1, 0.15) is 29.3 Å². The maximum absolute atomic E-state index is 14.0. The van der Waals surface area contributed by atoms with E-state index in [2.05, 4.69) is 10.6 Å². The molecule has 2 aromatic rings. The van der Waals surface area contributed by atoms with Crippen LogP contribution in [-0.4, -0.2) is 82.0 Å². The van der Waals surface area contributed by atoms with Crippen molar-refractivity contribution in [3.8, 4) is 0 Å². The third-order valence-corrected chi connectivity index (χ3v) is 5.76. The molecule has 42 heavy (non-hydrogen) atoms. The molecular formula is C31H43N3O8. The normalized spacial score (nSPS) is 13.7. The van der Waals surface area contributed by atoms with Gasteiger partial charge in [0.15, 0.2) is 0 Å². The number of nitrogens with one attached hydrogen (secondary N) is 2. The Morgan fingerprint density at radius 1 is 0.786 bits per heavy atom. The van der Waals surface area contributed by atoms with Crippen molar-refractivity contribution in [1.29, 1.82) is 0 Å². The predicted octanol–water partition coefficient (Wildman–Crippen LogP) is 2.50. The lowest BCUT2D eigenvalue weighted by molar-refractivity contribution is -0.159. The van der Waals surface area contributed by atoms with E-state index in [1.54, 1.807) is 71.9 Å². The van der Waals surface area contributed by atoms with Crippen LogP contribution in [0.3, 0.4) is 0 Å². The zero-order valence-electron chi connectivity index (χ0n) is 25.1. The van der Waals surface area contributed by atoms with Gasteiger partial charge in [0, 0.05) is 13.0 Å². The minimum atomic E-state index is -1.48. The lowest BCUT2D eigenvalue weighted by Gasteiger charge is -2.34. The summed E-state index contributed by atoms with van der Waals surface area (Å²) < 4.78 is 10.8. The second-order valence-corrected chi connectivity index (χ2v) is 11.7. The first-order chi connectivity index (χ1) is 19.6. The molecule has 3 amide bonds. The van der Waals surface area contributed by atoms with E-state index in [1.807, 2.05) is 30.3 Å². The number of benzene rings is 2. The summed E-state index contributed by atoms with van der Waals surface area (Å²) in [6.07, 6.45) is -0.816. The fraction of sp³-hybridized carbons (Fsp3) is 0.484. The smallest absolute Gasteiger partial charge is 0.408 e. The molecule has 0 aliphatic rings. The fourth-order valence-electron chi connectivity index (χ4n) is 4.08. The van der Waals surface area contributed by atoms with Crippen molar-refractivity contribution in [2.45, 2.75) is 77.3 Å². The van der Waals surface area contributed by atoms with E-state index in [1.165, 1.54) is 0 Å². The first kappa shape index (κ1) is 34.2. The molecule has 3 atom stereocenters. The van der Waals surface area contributed by atoms with Gasteiger partial charge in [-0.3, -0.25) is 9.59 Å². The van der Waals surface area contributed by atoms with Crippen molar-refractivity contribution in [1.82, 2.24) is 15.5 Å². The van der Waals surface area contributed by atoms with Crippen LogP contribution in [0.4, 0.5) is 4.79 Å². The van der Waals surface area contributed by atoms with E-state index in [0.717, 1.165) is 10.5 Å². The molecule has 2 rings (SSSR count). The van der Waals surface area contributed by atoms with E-state index in [4.69, 9.17) is 9.47 Å². The van der Waals surface area contributed by atoms with E-state index in [0.29, 0.717) is 5.56 Å². The molecule has 0 spiro atoms. The standard InChI is InChI=1S/C31H43N3O8/c1-30(2,3)41-28(39)23(19-21-13-9-7-10-14-21)32-26(37)25(22-15-11-8-12-16-22)34(17-18-35)27(38)24(20-36)33-29(40)42-31(4,5)6/h7-16,23-25,35-36H,17-20H2,1-6H3,(H,32,37)(H,33,40). The van der Waals surface area contributed by atoms with Gasteiger partial charge in [0.2, 0.25) is 11.8 Å². The SMILES string of the molecule is CC(C)(C)OC(=O)NC(CO)C(=O)N(CCO)C(C(=O)NC(Cc1ccccc1)C(=O)OC(C)(C)C)c1ccccc1. The molecule has 2 aromatic carbocycles. The van der Waals surface area contributed by atoms with Crippen molar-refractivity contribution in [2.75, 3.05) is 19.8 Å². The summed E-state index contributed by atoms with van der Waals surface area (Å²) in [7, 11) is 0. The van der Waals surface area contributed by atoms with Crippen LogP contribution in [-0.2, 0) is 30.3 Å². The molecule has 0 saturated carbocycles. The maximum atomic E-state index is 14.0. The highest BCUT2D eigenvalue weighted by molar-refractivity contribution is 5.94. The molecule has 0 bridgehead atoms. The monoisotopic (exact) mass is 585 g/mol. The highest BCUT2D eigenvalue weighted by atomic mass is 16.6. The van der Waals surface area contributed by atoms with E-state index >= 15 is 0 Å². The zero-order valence-corrected chi connectivity index (χ0v) is 25.1. The van der Waals surface area contributed by atoms with Crippen molar-refractivity contribution in [3.05, 3.63) is 71.8 Å². The Bertz CT molecular complexity index is 1180. The number of hydrogen-bond donors (Lipinski definition) is 4. The van der Waals surface area contributed by atoms with Crippen molar-refractivity contribution >= 4 is 23.9 Å². The number of amides is 3. The largest absolute Gasteiger partial charge is 0.458 e. The van der Waals surface area contributed by atoms with Crippen LogP contribution in [0, 0.1) is 0 Å². The summed E-state index contributed by atoms with van der Waals surface area (Å²) >= 11 is 0. The Balaban J connectivity index is 2.47. The maximum Gasteiger partial charge on any atom is 0.408 e. The summed E-state index contributed by atoms with van der Waals surface area (Å²) in [6, 6.07) is 13.5. The molecule has 4 N–H and O–H groups in total. The number of carbonyl (C=O) groups is 4. The second kappa shape index (κ2) is 15.3. The number of aliphatic hydroxyl groups excluding tert-OH is 2. The molecule has 0 aliphatic carbocycles. The number of carbonyl (C=O) groups excluding carboxylic acids is 4. The molecule has 0 aliphatic heterocycles. The number of rotatable bonds is 12. The number of alkyl carbamates (subject to hydrolysis) is 1. The topological polar surface area (TPSA) is 154 Å². The van der Waals surface area contributed by atoms with Crippen LogP contribution < -0.4 is 10.6 Å². The fourth-order valence-corrected chi connectivity index (χ4v) is 4.08. The van der Waals surface area contributed by atoms with Crippen molar-refractivity contribution in [3.63, 3.8) is 0 Å². The lowest BCUT2D eigenvalue weighted by atomic mass is 10.0. The van der Waals surface area contributed by atoms with Crippen LogP contribution in [0.2, 0.25) is 0 Å². The summed E-state index contributed by atoms with van der Waals surface area (Å²) in [4.78, 5) is 54.4. The van der Waals surface area contributed by atoms with Gasteiger partial charge >= 0.3 is 12.1 Å². The summed E-state index contributed by atoms with van der Waals surface area (Å²) in [5, 5.41) is 25.0. The predicted molar refractivity (Wildman–Crippen MR) is 156 cm³/mol. The number of hydrogen-bond acceptors (Lipinski definition) is 8. The van der Waals surface area contributed by atoms with Gasteiger partial charge in [-0.05, 0) is 52.7 Å². The van der Waals surface area contributed by atoms with Gasteiger partial charge in [-0.2, -0.15) is 0 Å². The van der Waals surface area contributed by atoms with Crippen LogP contribution >= 0.6 is 0 Å². The van der Waals surface area contributed by atoms with E-state index in [-0.39, 0.29) is 13.0 Å². The average molecular weight is 586 g/mol. The molecule has 11 heteroatoms. The Labute approximate surface area is 247 Å². The van der Waals surface area contributed by atoms with Crippen molar-refractivity contribution in [2.24, 2.45) is 0 Å².